The molecule has 2 fully saturated rings. The average molecular weight is 474 g/mol. The number of piperazine rings is 1. The number of nitrogens with zero attached hydrogens (tertiary/aromatic N) is 8. The first-order valence-corrected chi connectivity index (χ1v) is 11.8. The van der Waals surface area contributed by atoms with Crippen LogP contribution in [0.15, 0.2) is 42.9 Å². The highest BCUT2D eigenvalue weighted by Crippen LogP contribution is 2.27. The second-order valence-electron chi connectivity index (χ2n) is 9.05. The maximum Gasteiger partial charge on any atom is 0.227 e. The molecule has 3 aromatic rings. The Morgan fingerprint density at radius 3 is 2.66 bits per heavy atom. The number of likely N-dealkylation sites (N-methyl/N-ethyl adjacent to an activating group) is 1. The van der Waals surface area contributed by atoms with Gasteiger partial charge in [-0.2, -0.15) is 5.26 Å². The Morgan fingerprint density at radius 1 is 1.09 bits per heavy atom. The molecule has 5 rings (SSSR count). The zero-order valence-corrected chi connectivity index (χ0v) is 19.7. The zero-order chi connectivity index (χ0) is 24.2. The molecular formula is C25H28FN9. The van der Waals surface area contributed by atoms with Crippen LogP contribution in [-0.4, -0.2) is 82.2 Å². The molecule has 35 heavy (non-hydrogen) atoms. The normalized spacial score (nSPS) is 19.0. The highest BCUT2D eigenvalue weighted by atomic mass is 19.1. The molecule has 2 saturated heterocycles. The number of hydrogen-bond donors (Lipinski definition) is 1. The lowest BCUT2D eigenvalue weighted by molar-refractivity contribution is 0.147. The Hall–Kier alpha value is -3.68. The molecule has 0 radical (unpaired) electrons. The van der Waals surface area contributed by atoms with E-state index in [1.807, 2.05) is 17.0 Å². The number of halogens is 1. The van der Waals surface area contributed by atoms with Crippen LogP contribution in [0, 0.1) is 11.3 Å². The van der Waals surface area contributed by atoms with E-state index in [1.54, 1.807) is 30.7 Å². The fraction of sp³-hybridized carbons (Fsp3) is 0.400. The molecule has 1 unspecified atom stereocenters. The highest BCUT2D eigenvalue weighted by molar-refractivity contribution is 5.67. The van der Waals surface area contributed by atoms with Gasteiger partial charge in [0.1, 0.15) is 18.1 Å². The molecule has 180 valence electrons. The Labute approximate surface area is 204 Å². The number of nitrogens with one attached hydrogen (secondary N) is 1. The third-order valence-electron chi connectivity index (χ3n) is 6.43. The van der Waals surface area contributed by atoms with Crippen molar-refractivity contribution in [3.05, 3.63) is 54.1 Å². The fourth-order valence-electron chi connectivity index (χ4n) is 4.38. The van der Waals surface area contributed by atoms with Crippen molar-refractivity contribution >= 4 is 17.5 Å². The molecule has 10 heteroatoms. The lowest BCUT2D eigenvalue weighted by Gasteiger charge is -2.32. The van der Waals surface area contributed by atoms with Gasteiger partial charge in [-0.3, -0.25) is 9.88 Å². The highest BCUT2D eigenvalue weighted by Gasteiger charge is 2.25. The van der Waals surface area contributed by atoms with Crippen LogP contribution in [0.25, 0.3) is 11.3 Å². The second-order valence-corrected chi connectivity index (χ2v) is 9.05. The topological polar surface area (TPSA) is 97.1 Å². The SMILES string of the molecule is CN1CCN(Cc2ccc(Nc3nccc(-c4cnc(N5CCC(F)C5)c(C#N)c4)n3)cn2)CC1. The largest absolute Gasteiger partial charge is 0.352 e. The first-order chi connectivity index (χ1) is 17.1. The zero-order valence-electron chi connectivity index (χ0n) is 19.7. The molecule has 1 N–H and O–H groups in total. The summed E-state index contributed by atoms with van der Waals surface area (Å²) in [5.41, 5.74) is 3.58. The molecule has 0 bridgehead atoms. The van der Waals surface area contributed by atoms with Gasteiger partial charge >= 0.3 is 0 Å². The van der Waals surface area contributed by atoms with Gasteiger partial charge in [0.05, 0.1) is 35.4 Å². The first kappa shape index (κ1) is 23.1. The van der Waals surface area contributed by atoms with Crippen molar-refractivity contribution in [3.63, 3.8) is 0 Å². The van der Waals surface area contributed by atoms with E-state index < -0.39 is 6.17 Å². The predicted octanol–water partition coefficient (Wildman–Crippen LogP) is 2.84. The van der Waals surface area contributed by atoms with Gasteiger partial charge in [-0.05, 0) is 37.7 Å². The minimum absolute atomic E-state index is 0.269. The van der Waals surface area contributed by atoms with Crippen LogP contribution in [0.1, 0.15) is 17.7 Å². The summed E-state index contributed by atoms with van der Waals surface area (Å²) in [6, 6.07) is 9.70. The molecule has 5 heterocycles. The number of rotatable bonds is 6. The van der Waals surface area contributed by atoms with Crippen LogP contribution in [0.2, 0.25) is 0 Å². The van der Waals surface area contributed by atoms with E-state index in [9.17, 15) is 9.65 Å². The first-order valence-electron chi connectivity index (χ1n) is 11.8. The molecule has 0 aliphatic carbocycles. The van der Waals surface area contributed by atoms with Crippen molar-refractivity contribution < 1.29 is 4.39 Å². The molecule has 3 aromatic heterocycles. The molecule has 2 aliphatic rings. The molecular weight excluding hydrogens is 445 g/mol. The smallest absolute Gasteiger partial charge is 0.227 e. The van der Waals surface area contributed by atoms with E-state index >= 15 is 0 Å². The van der Waals surface area contributed by atoms with Gasteiger partial charge in [0.2, 0.25) is 5.95 Å². The minimum Gasteiger partial charge on any atom is -0.352 e. The van der Waals surface area contributed by atoms with Gasteiger partial charge in [0.25, 0.3) is 0 Å². The number of anilines is 3. The second kappa shape index (κ2) is 10.3. The van der Waals surface area contributed by atoms with Crippen LogP contribution in [0.4, 0.5) is 21.8 Å². The van der Waals surface area contributed by atoms with Crippen LogP contribution in [-0.2, 0) is 6.54 Å². The molecule has 0 amide bonds. The van der Waals surface area contributed by atoms with Crippen molar-refractivity contribution in [2.75, 3.05) is 56.5 Å². The Balaban J connectivity index is 1.26. The molecule has 9 nitrogen and oxygen atoms in total. The number of pyridine rings is 2. The molecule has 0 saturated carbocycles. The average Bonchev–Trinajstić information content (AvgIpc) is 3.32. The van der Waals surface area contributed by atoms with Crippen molar-refractivity contribution in [1.82, 2.24) is 29.7 Å². The van der Waals surface area contributed by atoms with E-state index in [2.05, 4.69) is 48.2 Å². The van der Waals surface area contributed by atoms with E-state index in [0.29, 0.717) is 41.6 Å². The van der Waals surface area contributed by atoms with E-state index in [4.69, 9.17) is 0 Å². The van der Waals surface area contributed by atoms with Crippen molar-refractivity contribution in [2.24, 2.45) is 0 Å². The standard InChI is InChI=1S/C25H28FN9/c1-33-8-10-34(11-9-33)17-22-3-2-21(15-29-22)31-25-28-6-4-23(32-25)19-12-18(13-27)24(30-14-19)35-7-5-20(26)16-35/h2-4,6,12,14-15,20H,5,7-11,16-17H2,1H3,(H,28,31,32). The number of hydrogen-bond acceptors (Lipinski definition) is 9. The lowest BCUT2D eigenvalue weighted by atomic mass is 10.1. The number of nitriles is 1. The summed E-state index contributed by atoms with van der Waals surface area (Å²) in [5.74, 6) is 0.949. The summed E-state index contributed by atoms with van der Waals surface area (Å²) in [4.78, 5) is 24.5. The maximum atomic E-state index is 13.6. The van der Waals surface area contributed by atoms with Crippen molar-refractivity contribution in [3.8, 4) is 17.3 Å². The summed E-state index contributed by atoms with van der Waals surface area (Å²) in [5, 5.41) is 12.8. The van der Waals surface area contributed by atoms with Gasteiger partial charge in [-0.15, -0.1) is 0 Å². The van der Waals surface area contributed by atoms with E-state index in [0.717, 1.165) is 44.1 Å². The predicted molar refractivity (Wildman–Crippen MR) is 132 cm³/mol. The molecule has 0 aromatic carbocycles. The molecule has 2 aliphatic heterocycles. The maximum absolute atomic E-state index is 13.6. The summed E-state index contributed by atoms with van der Waals surface area (Å²) in [6.45, 7) is 5.94. The monoisotopic (exact) mass is 473 g/mol. The quantitative estimate of drug-likeness (QED) is 0.580. The third kappa shape index (κ3) is 5.53. The summed E-state index contributed by atoms with van der Waals surface area (Å²) >= 11 is 0. The Kier molecular flexibility index (Phi) is 6.79. The van der Waals surface area contributed by atoms with Crippen molar-refractivity contribution in [2.45, 2.75) is 19.1 Å². The third-order valence-corrected chi connectivity index (χ3v) is 6.43. The molecule has 1 atom stereocenters. The van der Waals surface area contributed by atoms with Gasteiger partial charge in [0, 0.05) is 57.2 Å². The van der Waals surface area contributed by atoms with Crippen molar-refractivity contribution in [1.29, 1.82) is 5.26 Å². The summed E-state index contributed by atoms with van der Waals surface area (Å²) in [6.07, 6.45) is 4.70. The lowest BCUT2D eigenvalue weighted by Crippen LogP contribution is -2.43. The van der Waals surface area contributed by atoms with E-state index in [-0.39, 0.29) is 6.54 Å². The Bertz CT molecular complexity index is 1200. The van der Waals surface area contributed by atoms with Gasteiger partial charge in [0.15, 0.2) is 0 Å². The number of alkyl halides is 1. The van der Waals surface area contributed by atoms with Crippen LogP contribution >= 0.6 is 0 Å². The fourth-order valence-corrected chi connectivity index (χ4v) is 4.38. The minimum atomic E-state index is -0.881. The van der Waals surface area contributed by atoms with Crippen LogP contribution in [0.3, 0.4) is 0 Å². The van der Waals surface area contributed by atoms with Crippen LogP contribution in [0.5, 0.6) is 0 Å². The van der Waals surface area contributed by atoms with Gasteiger partial charge < -0.3 is 15.1 Å². The molecule has 0 spiro atoms. The summed E-state index contributed by atoms with van der Waals surface area (Å²) < 4.78 is 13.6. The van der Waals surface area contributed by atoms with Gasteiger partial charge in [-0.25, -0.2) is 19.3 Å². The van der Waals surface area contributed by atoms with Crippen LogP contribution < -0.4 is 10.2 Å². The summed E-state index contributed by atoms with van der Waals surface area (Å²) in [7, 11) is 2.15. The van der Waals surface area contributed by atoms with Gasteiger partial charge in [-0.1, -0.05) is 0 Å². The number of aromatic nitrogens is 4. The Morgan fingerprint density at radius 2 is 1.94 bits per heavy atom. The van der Waals surface area contributed by atoms with E-state index in [1.165, 1.54) is 0 Å².